The van der Waals surface area contributed by atoms with Crippen molar-refractivity contribution in [1.82, 2.24) is 14.9 Å². The standard InChI is InChI=1S/C11H19N3/c1-11(2,3)14-8-12-7-10(14)9-5-4-6-13-9/h7-9,13H,4-6H2,1-3H3/t9-/m1/s1. The Morgan fingerprint density at radius 1 is 1.50 bits per heavy atom. The van der Waals surface area contributed by atoms with Crippen LogP contribution in [0.25, 0.3) is 0 Å². The van der Waals surface area contributed by atoms with Gasteiger partial charge in [0, 0.05) is 17.8 Å². The second kappa shape index (κ2) is 3.39. The van der Waals surface area contributed by atoms with Crippen LogP contribution in [-0.4, -0.2) is 16.1 Å². The van der Waals surface area contributed by atoms with Crippen LogP contribution in [0.3, 0.4) is 0 Å². The topological polar surface area (TPSA) is 29.9 Å². The number of hydrogen-bond acceptors (Lipinski definition) is 2. The van der Waals surface area contributed by atoms with E-state index >= 15 is 0 Å². The summed E-state index contributed by atoms with van der Waals surface area (Å²) in [5.41, 5.74) is 1.46. The first-order valence-electron chi connectivity index (χ1n) is 5.35. The highest BCUT2D eigenvalue weighted by Crippen LogP contribution is 2.26. The summed E-state index contributed by atoms with van der Waals surface area (Å²) < 4.78 is 2.27. The van der Waals surface area contributed by atoms with Crippen molar-refractivity contribution < 1.29 is 0 Å². The highest BCUT2D eigenvalue weighted by molar-refractivity contribution is 5.09. The van der Waals surface area contributed by atoms with E-state index in [2.05, 4.69) is 35.6 Å². The summed E-state index contributed by atoms with van der Waals surface area (Å²) >= 11 is 0. The number of nitrogens with zero attached hydrogens (tertiary/aromatic N) is 2. The Kier molecular flexibility index (Phi) is 2.35. The summed E-state index contributed by atoms with van der Waals surface area (Å²) in [7, 11) is 0. The molecule has 1 N–H and O–H groups in total. The van der Waals surface area contributed by atoms with E-state index in [9.17, 15) is 0 Å². The highest BCUT2D eigenvalue weighted by atomic mass is 15.1. The van der Waals surface area contributed by atoms with Gasteiger partial charge in [0.15, 0.2) is 0 Å². The first-order chi connectivity index (χ1) is 6.59. The van der Waals surface area contributed by atoms with Gasteiger partial charge in [-0.25, -0.2) is 4.98 Å². The van der Waals surface area contributed by atoms with Gasteiger partial charge in [-0.1, -0.05) is 0 Å². The molecule has 3 heteroatoms. The van der Waals surface area contributed by atoms with E-state index in [1.54, 1.807) is 0 Å². The van der Waals surface area contributed by atoms with Crippen molar-refractivity contribution in [2.45, 2.75) is 45.2 Å². The van der Waals surface area contributed by atoms with Gasteiger partial charge in [-0.2, -0.15) is 0 Å². The Hall–Kier alpha value is -0.830. The molecule has 1 atom stereocenters. The zero-order valence-corrected chi connectivity index (χ0v) is 9.25. The van der Waals surface area contributed by atoms with Gasteiger partial charge >= 0.3 is 0 Å². The maximum absolute atomic E-state index is 4.26. The van der Waals surface area contributed by atoms with E-state index in [4.69, 9.17) is 0 Å². The maximum atomic E-state index is 4.26. The first kappa shape index (κ1) is 9.71. The average Bonchev–Trinajstić information content (AvgIpc) is 2.73. The molecule has 2 heterocycles. The minimum Gasteiger partial charge on any atom is -0.328 e. The minimum atomic E-state index is 0.135. The molecule has 0 bridgehead atoms. The van der Waals surface area contributed by atoms with E-state index in [-0.39, 0.29) is 5.54 Å². The predicted molar refractivity (Wildman–Crippen MR) is 57.2 cm³/mol. The van der Waals surface area contributed by atoms with Crippen molar-refractivity contribution in [3.63, 3.8) is 0 Å². The van der Waals surface area contributed by atoms with Gasteiger partial charge in [0.1, 0.15) is 0 Å². The third-order valence-electron chi connectivity index (χ3n) is 2.81. The van der Waals surface area contributed by atoms with E-state index in [0.717, 1.165) is 6.54 Å². The Balaban J connectivity index is 2.29. The fraction of sp³-hybridized carbons (Fsp3) is 0.727. The van der Waals surface area contributed by atoms with Gasteiger partial charge in [0.05, 0.1) is 12.0 Å². The van der Waals surface area contributed by atoms with Crippen molar-refractivity contribution in [2.75, 3.05) is 6.54 Å². The second-order valence-electron chi connectivity index (χ2n) is 5.01. The largest absolute Gasteiger partial charge is 0.328 e. The van der Waals surface area contributed by atoms with Gasteiger partial charge in [-0.15, -0.1) is 0 Å². The lowest BCUT2D eigenvalue weighted by atomic mass is 10.1. The summed E-state index contributed by atoms with van der Waals surface area (Å²) in [5.74, 6) is 0. The molecule has 1 aliphatic rings. The molecule has 78 valence electrons. The number of aromatic nitrogens is 2. The molecule has 1 aromatic heterocycles. The third-order valence-corrected chi connectivity index (χ3v) is 2.81. The molecule has 0 saturated carbocycles. The van der Waals surface area contributed by atoms with Crippen molar-refractivity contribution in [3.05, 3.63) is 18.2 Å². The number of rotatable bonds is 1. The molecule has 1 fully saturated rings. The van der Waals surface area contributed by atoms with Crippen LogP contribution in [0, 0.1) is 0 Å². The second-order valence-corrected chi connectivity index (χ2v) is 5.01. The number of nitrogens with one attached hydrogen (secondary N) is 1. The fourth-order valence-electron chi connectivity index (χ4n) is 2.06. The molecule has 0 aliphatic carbocycles. The Morgan fingerprint density at radius 3 is 2.86 bits per heavy atom. The minimum absolute atomic E-state index is 0.135. The van der Waals surface area contributed by atoms with Gasteiger partial charge in [0.25, 0.3) is 0 Å². The molecule has 1 aromatic rings. The molecule has 1 aliphatic heterocycles. The molecule has 0 unspecified atom stereocenters. The van der Waals surface area contributed by atoms with E-state index in [1.165, 1.54) is 18.5 Å². The van der Waals surface area contributed by atoms with E-state index in [0.29, 0.717) is 6.04 Å². The van der Waals surface area contributed by atoms with E-state index in [1.807, 2.05) is 12.5 Å². The van der Waals surface area contributed by atoms with Gasteiger partial charge in [-0.3, -0.25) is 0 Å². The summed E-state index contributed by atoms with van der Waals surface area (Å²) in [4.78, 5) is 4.26. The SMILES string of the molecule is CC(C)(C)n1cncc1[C@H]1CCCN1. The summed E-state index contributed by atoms with van der Waals surface area (Å²) in [5, 5.41) is 3.51. The molecule has 0 aromatic carbocycles. The molecule has 0 spiro atoms. The van der Waals surface area contributed by atoms with Crippen LogP contribution in [0.15, 0.2) is 12.5 Å². The molecule has 2 rings (SSSR count). The van der Waals surface area contributed by atoms with Crippen LogP contribution < -0.4 is 5.32 Å². The summed E-state index contributed by atoms with van der Waals surface area (Å²) in [6.45, 7) is 7.79. The zero-order chi connectivity index (χ0) is 10.2. The van der Waals surface area contributed by atoms with Crippen molar-refractivity contribution in [3.8, 4) is 0 Å². The highest BCUT2D eigenvalue weighted by Gasteiger charge is 2.24. The maximum Gasteiger partial charge on any atom is 0.0953 e. The monoisotopic (exact) mass is 193 g/mol. The van der Waals surface area contributed by atoms with Crippen LogP contribution in [0.2, 0.25) is 0 Å². The van der Waals surface area contributed by atoms with Gasteiger partial charge < -0.3 is 9.88 Å². The Morgan fingerprint density at radius 2 is 2.29 bits per heavy atom. The fourth-order valence-corrected chi connectivity index (χ4v) is 2.06. The predicted octanol–water partition coefficient (Wildman–Crippen LogP) is 2.06. The Bertz CT molecular complexity index is 303. The average molecular weight is 193 g/mol. The summed E-state index contributed by atoms with van der Waals surface area (Å²) in [6.07, 6.45) is 6.45. The quantitative estimate of drug-likeness (QED) is 0.740. The van der Waals surface area contributed by atoms with Gasteiger partial charge in [0.2, 0.25) is 0 Å². The van der Waals surface area contributed by atoms with Crippen molar-refractivity contribution in [2.24, 2.45) is 0 Å². The molecular formula is C11H19N3. The van der Waals surface area contributed by atoms with Crippen LogP contribution in [0.4, 0.5) is 0 Å². The van der Waals surface area contributed by atoms with Crippen LogP contribution in [0.5, 0.6) is 0 Å². The molecule has 0 radical (unpaired) electrons. The normalized spacial score (nSPS) is 22.9. The smallest absolute Gasteiger partial charge is 0.0953 e. The van der Waals surface area contributed by atoms with Crippen molar-refractivity contribution >= 4 is 0 Å². The van der Waals surface area contributed by atoms with Crippen molar-refractivity contribution in [1.29, 1.82) is 0 Å². The molecule has 14 heavy (non-hydrogen) atoms. The first-order valence-corrected chi connectivity index (χ1v) is 5.35. The number of imidazole rings is 1. The van der Waals surface area contributed by atoms with Gasteiger partial charge in [-0.05, 0) is 40.2 Å². The lowest BCUT2D eigenvalue weighted by Crippen LogP contribution is -2.26. The van der Waals surface area contributed by atoms with E-state index < -0.39 is 0 Å². The summed E-state index contributed by atoms with van der Waals surface area (Å²) in [6, 6.07) is 0.511. The molecular weight excluding hydrogens is 174 g/mol. The number of hydrogen-bond donors (Lipinski definition) is 1. The molecule has 3 nitrogen and oxygen atoms in total. The third kappa shape index (κ3) is 1.69. The zero-order valence-electron chi connectivity index (χ0n) is 9.25. The molecule has 1 saturated heterocycles. The lowest BCUT2D eigenvalue weighted by Gasteiger charge is -2.25. The Labute approximate surface area is 85.5 Å². The lowest BCUT2D eigenvalue weighted by molar-refractivity contribution is 0.371. The molecule has 0 amide bonds. The van der Waals surface area contributed by atoms with Crippen LogP contribution in [-0.2, 0) is 5.54 Å². The van der Waals surface area contributed by atoms with Crippen LogP contribution >= 0.6 is 0 Å². The van der Waals surface area contributed by atoms with Crippen LogP contribution in [0.1, 0.15) is 45.3 Å².